The fourth-order valence-corrected chi connectivity index (χ4v) is 3.84. The minimum absolute atomic E-state index is 0.0744. The molecule has 1 aliphatic rings. The minimum atomic E-state index is -0.986. The second-order valence-corrected chi connectivity index (χ2v) is 8.47. The van der Waals surface area contributed by atoms with Crippen LogP contribution in [0.1, 0.15) is 42.6 Å². The van der Waals surface area contributed by atoms with Crippen LogP contribution in [0.25, 0.3) is 0 Å². The van der Waals surface area contributed by atoms with Gasteiger partial charge in [0.2, 0.25) is 11.8 Å². The Hall–Kier alpha value is -3.36. The minimum Gasteiger partial charge on any atom is -0.352 e. The SMILES string of the molecule is CC(C)C(NC(=O)c1c(F)cccc1F)C(=O)N1CCC(C(=O)NCc2cccnc2)CC1. The summed E-state index contributed by atoms with van der Waals surface area (Å²) in [6.07, 6.45) is 4.34. The Bertz CT molecular complexity index is 972. The van der Waals surface area contributed by atoms with Crippen molar-refractivity contribution in [1.82, 2.24) is 20.5 Å². The number of likely N-dealkylation sites (tertiary alicyclic amines) is 1. The first-order valence-corrected chi connectivity index (χ1v) is 11.0. The highest BCUT2D eigenvalue weighted by atomic mass is 19.1. The lowest BCUT2D eigenvalue weighted by molar-refractivity contribution is -0.138. The van der Waals surface area contributed by atoms with E-state index >= 15 is 0 Å². The Morgan fingerprint density at radius 2 is 1.76 bits per heavy atom. The van der Waals surface area contributed by atoms with Gasteiger partial charge in [-0.3, -0.25) is 19.4 Å². The van der Waals surface area contributed by atoms with E-state index in [2.05, 4.69) is 15.6 Å². The van der Waals surface area contributed by atoms with Crippen LogP contribution in [0, 0.1) is 23.5 Å². The third-order valence-electron chi connectivity index (χ3n) is 5.78. The van der Waals surface area contributed by atoms with Gasteiger partial charge in [0.05, 0.1) is 0 Å². The maximum absolute atomic E-state index is 14.0. The molecule has 1 aliphatic heterocycles. The molecule has 0 spiro atoms. The van der Waals surface area contributed by atoms with Crippen LogP contribution >= 0.6 is 0 Å². The van der Waals surface area contributed by atoms with Crippen LogP contribution in [-0.4, -0.2) is 46.7 Å². The first-order valence-electron chi connectivity index (χ1n) is 11.0. The first-order chi connectivity index (χ1) is 15.8. The van der Waals surface area contributed by atoms with E-state index in [4.69, 9.17) is 0 Å². The average molecular weight is 459 g/mol. The van der Waals surface area contributed by atoms with Gasteiger partial charge in [-0.25, -0.2) is 8.78 Å². The lowest BCUT2D eigenvalue weighted by atomic mass is 9.94. The van der Waals surface area contributed by atoms with Gasteiger partial charge in [-0.1, -0.05) is 26.0 Å². The second-order valence-electron chi connectivity index (χ2n) is 8.47. The van der Waals surface area contributed by atoms with Crippen LogP contribution < -0.4 is 10.6 Å². The molecule has 3 amide bonds. The molecule has 1 saturated heterocycles. The monoisotopic (exact) mass is 458 g/mol. The molecule has 2 heterocycles. The number of aromatic nitrogens is 1. The number of hydrogen-bond donors (Lipinski definition) is 2. The molecule has 1 fully saturated rings. The van der Waals surface area contributed by atoms with E-state index < -0.39 is 29.1 Å². The number of amides is 3. The van der Waals surface area contributed by atoms with E-state index in [1.807, 2.05) is 6.07 Å². The highest BCUT2D eigenvalue weighted by molar-refractivity contribution is 5.98. The van der Waals surface area contributed by atoms with Crippen molar-refractivity contribution >= 4 is 17.7 Å². The second kappa shape index (κ2) is 11.0. The van der Waals surface area contributed by atoms with E-state index in [0.717, 1.165) is 17.7 Å². The maximum atomic E-state index is 14.0. The summed E-state index contributed by atoms with van der Waals surface area (Å²) in [7, 11) is 0. The summed E-state index contributed by atoms with van der Waals surface area (Å²) >= 11 is 0. The molecule has 0 saturated carbocycles. The number of rotatable bonds is 7. The van der Waals surface area contributed by atoms with Gasteiger partial charge in [-0.15, -0.1) is 0 Å². The molecular weight excluding hydrogens is 430 g/mol. The van der Waals surface area contributed by atoms with Crippen molar-refractivity contribution in [3.8, 4) is 0 Å². The lowest BCUT2D eigenvalue weighted by Crippen LogP contribution is -2.53. The topological polar surface area (TPSA) is 91.4 Å². The molecule has 9 heteroatoms. The Morgan fingerprint density at radius 3 is 2.33 bits per heavy atom. The van der Waals surface area contributed by atoms with Crippen LogP contribution in [0.2, 0.25) is 0 Å². The van der Waals surface area contributed by atoms with Crippen molar-refractivity contribution in [2.45, 2.75) is 39.3 Å². The summed E-state index contributed by atoms with van der Waals surface area (Å²) in [6.45, 7) is 4.60. The number of carbonyl (C=O) groups is 3. The lowest BCUT2D eigenvalue weighted by Gasteiger charge is -2.35. The van der Waals surface area contributed by atoms with Crippen molar-refractivity contribution in [2.75, 3.05) is 13.1 Å². The Kier molecular flexibility index (Phi) is 8.08. The normalized spacial score (nSPS) is 15.2. The number of halogens is 2. The molecular formula is C24H28F2N4O3. The van der Waals surface area contributed by atoms with Gasteiger partial charge in [0.15, 0.2) is 0 Å². The van der Waals surface area contributed by atoms with Crippen LogP contribution in [0.3, 0.4) is 0 Å². The highest BCUT2D eigenvalue weighted by Gasteiger charge is 2.33. The smallest absolute Gasteiger partial charge is 0.257 e. The summed E-state index contributed by atoms with van der Waals surface area (Å²) < 4.78 is 27.9. The van der Waals surface area contributed by atoms with E-state index in [-0.39, 0.29) is 23.7 Å². The molecule has 0 aliphatic carbocycles. The van der Waals surface area contributed by atoms with Gasteiger partial charge in [-0.05, 0) is 42.5 Å². The van der Waals surface area contributed by atoms with Crippen molar-refractivity contribution in [1.29, 1.82) is 0 Å². The van der Waals surface area contributed by atoms with Crippen LogP contribution in [0.4, 0.5) is 8.78 Å². The van der Waals surface area contributed by atoms with E-state index in [0.29, 0.717) is 32.5 Å². The number of hydrogen-bond acceptors (Lipinski definition) is 4. The Labute approximate surface area is 191 Å². The van der Waals surface area contributed by atoms with Crippen molar-refractivity contribution in [3.05, 3.63) is 65.5 Å². The average Bonchev–Trinajstić information content (AvgIpc) is 2.81. The van der Waals surface area contributed by atoms with Crippen molar-refractivity contribution < 1.29 is 23.2 Å². The molecule has 2 N–H and O–H groups in total. The molecule has 1 atom stereocenters. The zero-order chi connectivity index (χ0) is 24.0. The number of piperidine rings is 1. The third-order valence-corrected chi connectivity index (χ3v) is 5.78. The Balaban J connectivity index is 1.56. The molecule has 0 radical (unpaired) electrons. The summed E-state index contributed by atoms with van der Waals surface area (Å²) in [4.78, 5) is 43.7. The number of carbonyl (C=O) groups excluding carboxylic acids is 3. The zero-order valence-corrected chi connectivity index (χ0v) is 18.7. The molecule has 1 aromatic heterocycles. The third kappa shape index (κ3) is 6.12. The number of pyridine rings is 1. The standard InChI is InChI=1S/C24H28F2N4O3/c1-15(2)21(29-23(32)20-18(25)6-3-7-19(20)26)24(33)30-11-8-17(9-12-30)22(31)28-14-16-5-4-10-27-13-16/h3-7,10,13,15,17,21H,8-9,11-12,14H2,1-2H3,(H,28,31)(H,29,32). The molecule has 7 nitrogen and oxygen atoms in total. The highest BCUT2D eigenvalue weighted by Crippen LogP contribution is 2.20. The molecule has 0 bridgehead atoms. The van der Waals surface area contributed by atoms with Gasteiger partial charge in [0.1, 0.15) is 23.2 Å². The first kappa shape index (κ1) is 24.3. The van der Waals surface area contributed by atoms with Gasteiger partial charge in [0, 0.05) is 37.9 Å². The Morgan fingerprint density at radius 1 is 1.09 bits per heavy atom. The van der Waals surface area contributed by atoms with Crippen LogP contribution in [0.15, 0.2) is 42.7 Å². The number of nitrogens with one attached hydrogen (secondary N) is 2. The molecule has 3 rings (SSSR count). The molecule has 1 aromatic carbocycles. The summed E-state index contributed by atoms with van der Waals surface area (Å²) in [5, 5.41) is 5.39. The van der Waals surface area contributed by atoms with E-state index in [1.54, 1.807) is 37.2 Å². The molecule has 176 valence electrons. The summed E-state index contributed by atoms with van der Waals surface area (Å²) in [5.41, 5.74) is 0.195. The maximum Gasteiger partial charge on any atom is 0.257 e. The number of benzene rings is 1. The predicted molar refractivity (Wildman–Crippen MR) is 118 cm³/mol. The quantitative estimate of drug-likeness (QED) is 0.668. The van der Waals surface area contributed by atoms with Gasteiger partial charge in [-0.2, -0.15) is 0 Å². The predicted octanol–water partition coefficient (Wildman–Crippen LogP) is 2.67. The van der Waals surface area contributed by atoms with Crippen LogP contribution in [-0.2, 0) is 16.1 Å². The zero-order valence-electron chi connectivity index (χ0n) is 18.7. The van der Waals surface area contributed by atoms with Gasteiger partial charge < -0.3 is 15.5 Å². The fourth-order valence-electron chi connectivity index (χ4n) is 3.84. The molecule has 33 heavy (non-hydrogen) atoms. The van der Waals surface area contributed by atoms with E-state index in [1.165, 1.54) is 6.07 Å². The molecule has 2 aromatic rings. The fraction of sp³-hybridized carbons (Fsp3) is 0.417. The van der Waals surface area contributed by atoms with Crippen LogP contribution in [0.5, 0.6) is 0 Å². The largest absolute Gasteiger partial charge is 0.352 e. The van der Waals surface area contributed by atoms with Crippen molar-refractivity contribution in [3.63, 3.8) is 0 Å². The van der Waals surface area contributed by atoms with Crippen molar-refractivity contribution in [2.24, 2.45) is 11.8 Å². The van der Waals surface area contributed by atoms with Gasteiger partial charge >= 0.3 is 0 Å². The molecule has 1 unspecified atom stereocenters. The summed E-state index contributed by atoms with van der Waals surface area (Å²) in [6, 6.07) is 5.90. The van der Waals surface area contributed by atoms with Gasteiger partial charge in [0.25, 0.3) is 5.91 Å². The summed E-state index contributed by atoms with van der Waals surface area (Å²) in [5.74, 6) is -3.86. The van der Waals surface area contributed by atoms with E-state index in [9.17, 15) is 23.2 Å². The number of nitrogens with zero attached hydrogens (tertiary/aromatic N) is 2.